The number of hydrazone groups is 1. The van der Waals surface area contributed by atoms with E-state index in [-0.39, 0.29) is 16.8 Å². The highest BCUT2D eigenvalue weighted by molar-refractivity contribution is 6.20. The fourth-order valence-electron chi connectivity index (χ4n) is 4.19. The highest BCUT2D eigenvalue weighted by atomic mass is 16.6. The highest BCUT2D eigenvalue weighted by Gasteiger charge is 2.33. The second-order valence-corrected chi connectivity index (χ2v) is 8.76. The number of carbonyl (C=O) groups is 1. The van der Waals surface area contributed by atoms with Crippen molar-refractivity contribution in [3.05, 3.63) is 93.2 Å². The molecule has 0 bridgehead atoms. The zero-order valence-electron chi connectivity index (χ0n) is 18.3. The third-order valence-electron chi connectivity index (χ3n) is 5.32. The third-order valence-corrected chi connectivity index (χ3v) is 5.32. The van der Waals surface area contributed by atoms with Crippen LogP contribution in [-0.4, -0.2) is 27.4 Å². The van der Waals surface area contributed by atoms with Gasteiger partial charge in [0.25, 0.3) is 11.6 Å². The fourth-order valence-corrected chi connectivity index (χ4v) is 4.19. The molecule has 1 amide bonds. The monoisotopic (exact) mass is 428 g/mol. The molecule has 7 heteroatoms. The number of rotatable bonds is 4. The number of aliphatic imine (C=N–C) groups is 1. The minimum atomic E-state index is -0.467. The zero-order chi connectivity index (χ0) is 22.9. The molecular formula is C25H24N4O3. The molecule has 7 nitrogen and oxygen atoms in total. The van der Waals surface area contributed by atoms with Crippen LogP contribution in [0.25, 0.3) is 6.08 Å². The zero-order valence-corrected chi connectivity index (χ0v) is 18.3. The van der Waals surface area contributed by atoms with Crippen molar-refractivity contribution in [1.82, 2.24) is 5.01 Å². The summed E-state index contributed by atoms with van der Waals surface area (Å²) in [5.74, 6) is 0.0115. The maximum absolute atomic E-state index is 13.3. The van der Waals surface area contributed by atoms with Gasteiger partial charge in [0, 0.05) is 23.8 Å². The number of carbonyl (C=O) groups excluding carboxylic acids is 1. The molecule has 162 valence electrons. The lowest BCUT2D eigenvalue weighted by Gasteiger charge is -2.28. The molecule has 1 aliphatic carbocycles. The van der Waals surface area contributed by atoms with E-state index in [1.54, 1.807) is 18.2 Å². The summed E-state index contributed by atoms with van der Waals surface area (Å²) in [6, 6.07) is 15.6. The lowest BCUT2D eigenvalue weighted by atomic mass is 9.79. The predicted molar refractivity (Wildman–Crippen MR) is 125 cm³/mol. The fraction of sp³-hybridized carbons (Fsp3) is 0.240. The predicted octanol–water partition coefficient (Wildman–Crippen LogP) is 5.35. The smallest absolute Gasteiger partial charge is 0.265 e. The van der Waals surface area contributed by atoms with E-state index in [0.29, 0.717) is 17.8 Å². The van der Waals surface area contributed by atoms with Crippen LogP contribution in [0, 0.1) is 15.5 Å². The van der Waals surface area contributed by atoms with Crippen LogP contribution < -0.4 is 0 Å². The Morgan fingerprint density at radius 2 is 1.81 bits per heavy atom. The molecule has 32 heavy (non-hydrogen) atoms. The van der Waals surface area contributed by atoms with Gasteiger partial charge in [0.2, 0.25) is 0 Å². The largest absolute Gasteiger partial charge is 0.298 e. The molecule has 1 heterocycles. The lowest BCUT2D eigenvalue weighted by molar-refractivity contribution is -0.385. The third kappa shape index (κ3) is 4.42. The first-order chi connectivity index (χ1) is 15.2. The number of para-hydroxylation sites is 1. The van der Waals surface area contributed by atoms with Gasteiger partial charge < -0.3 is 0 Å². The van der Waals surface area contributed by atoms with Crippen molar-refractivity contribution in [3.63, 3.8) is 0 Å². The number of allylic oxidation sites excluding steroid dienone is 2. The van der Waals surface area contributed by atoms with Gasteiger partial charge in [-0.05, 0) is 30.9 Å². The molecule has 0 spiro atoms. The van der Waals surface area contributed by atoms with Gasteiger partial charge in [0.15, 0.2) is 5.84 Å². The van der Waals surface area contributed by atoms with E-state index in [4.69, 9.17) is 5.10 Å². The van der Waals surface area contributed by atoms with Crippen molar-refractivity contribution in [2.45, 2.75) is 33.6 Å². The summed E-state index contributed by atoms with van der Waals surface area (Å²) in [5.41, 5.74) is 3.17. The van der Waals surface area contributed by atoms with Crippen molar-refractivity contribution in [1.29, 1.82) is 0 Å². The molecule has 0 saturated heterocycles. The summed E-state index contributed by atoms with van der Waals surface area (Å²) in [6.45, 7) is 6.35. The highest BCUT2D eigenvalue weighted by Crippen LogP contribution is 2.33. The summed E-state index contributed by atoms with van der Waals surface area (Å²) in [7, 11) is 0. The van der Waals surface area contributed by atoms with Gasteiger partial charge >= 0.3 is 0 Å². The summed E-state index contributed by atoms with van der Waals surface area (Å²) >= 11 is 0. The van der Waals surface area contributed by atoms with E-state index in [0.717, 1.165) is 17.7 Å². The first kappa shape index (κ1) is 21.4. The summed E-state index contributed by atoms with van der Waals surface area (Å²) < 4.78 is 0. The van der Waals surface area contributed by atoms with Crippen molar-refractivity contribution < 1.29 is 9.72 Å². The Morgan fingerprint density at radius 1 is 1.12 bits per heavy atom. The maximum Gasteiger partial charge on any atom is 0.298 e. The van der Waals surface area contributed by atoms with Gasteiger partial charge in [-0.25, -0.2) is 4.99 Å². The van der Waals surface area contributed by atoms with Crippen LogP contribution >= 0.6 is 0 Å². The topological polar surface area (TPSA) is 88.2 Å². The molecular weight excluding hydrogens is 404 g/mol. The van der Waals surface area contributed by atoms with Crippen molar-refractivity contribution in [2.75, 3.05) is 0 Å². The molecule has 2 aliphatic rings. The van der Waals surface area contributed by atoms with E-state index in [1.165, 1.54) is 22.7 Å². The number of benzene rings is 2. The lowest BCUT2D eigenvalue weighted by Crippen LogP contribution is -2.31. The minimum absolute atomic E-state index is 0.0443. The van der Waals surface area contributed by atoms with Gasteiger partial charge in [0.1, 0.15) is 5.70 Å². The Balaban J connectivity index is 1.79. The van der Waals surface area contributed by atoms with Crippen molar-refractivity contribution in [3.8, 4) is 0 Å². The quantitative estimate of drug-likeness (QED) is 0.285. The minimum Gasteiger partial charge on any atom is -0.265 e. The Bertz CT molecular complexity index is 1210. The number of hydrogen-bond acceptors (Lipinski definition) is 5. The number of nitrogens with zero attached hydrogens (tertiary/aromatic N) is 4. The molecule has 4 rings (SSSR count). The Hall–Kier alpha value is -3.87. The number of hydrogen-bond donors (Lipinski definition) is 0. The SMILES string of the molecule is CC1=CC(C)(C)C/C(=N/N2C(=O)/C(=C\c3ccccc3[N+](=O)[O-])N=C2c2ccccc2)C1. The summed E-state index contributed by atoms with van der Waals surface area (Å²) in [6.07, 6.45) is 5.13. The van der Waals surface area contributed by atoms with Crippen molar-refractivity contribution >= 4 is 29.2 Å². The molecule has 0 aromatic heterocycles. The van der Waals surface area contributed by atoms with Gasteiger partial charge in [-0.1, -0.05) is 68.0 Å². The Kier molecular flexibility index (Phi) is 5.57. The summed E-state index contributed by atoms with van der Waals surface area (Å²) in [4.78, 5) is 28.8. The second-order valence-electron chi connectivity index (χ2n) is 8.76. The van der Waals surface area contributed by atoms with E-state index < -0.39 is 10.8 Å². The Morgan fingerprint density at radius 3 is 2.50 bits per heavy atom. The van der Waals surface area contributed by atoms with Crippen LogP contribution in [0.5, 0.6) is 0 Å². The molecule has 1 aliphatic heterocycles. The van der Waals surface area contributed by atoms with Gasteiger partial charge in [0.05, 0.1) is 10.5 Å². The van der Waals surface area contributed by atoms with E-state index in [9.17, 15) is 14.9 Å². The Labute approximate surface area is 186 Å². The average molecular weight is 428 g/mol. The van der Waals surface area contributed by atoms with Crippen LogP contribution in [0.4, 0.5) is 5.69 Å². The van der Waals surface area contributed by atoms with Crippen LogP contribution in [0.2, 0.25) is 0 Å². The van der Waals surface area contributed by atoms with Crippen LogP contribution in [-0.2, 0) is 4.79 Å². The van der Waals surface area contributed by atoms with Crippen LogP contribution in [0.15, 0.2) is 82.0 Å². The van der Waals surface area contributed by atoms with Gasteiger partial charge in [-0.3, -0.25) is 14.9 Å². The summed E-state index contributed by atoms with van der Waals surface area (Å²) in [5, 5.41) is 17.5. The molecule has 0 fully saturated rings. The molecule has 0 unspecified atom stereocenters. The number of amides is 1. The maximum atomic E-state index is 13.3. The van der Waals surface area contributed by atoms with E-state index >= 15 is 0 Å². The number of nitro groups is 1. The first-order valence-electron chi connectivity index (χ1n) is 10.4. The van der Waals surface area contributed by atoms with E-state index in [2.05, 4.69) is 31.8 Å². The molecule has 0 radical (unpaired) electrons. The second kappa shape index (κ2) is 8.34. The standard InChI is InChI=1S/C25H24N4O3/c1-17-13-20(16-25(2,3)15-17)27-28-23(18-9-5-4-6-10-18)26-21(24(28)30)14-19-11-7-8-12-22(19)29(31)32/h4-12,14-15H,13,16H2,1-3H3/b21-14+,27-20+. The molecule has 0 N–H and O–H groups in total. The number of nitro benzene ring substituents is 1. The van der Waals surface area contributed by atoms with Gasteiger partial charge in [-0.2, -0.15) is 10.1 Å². The first-order valence-corrected chi connectivity index (χ1v) is 10.4. The molecule has 2 aromatic carbocycles. The molecule has 2 aromatic rings. The van der Waals surface area contributed by atoms with Crippen molar-refractivity contribution in [2.24, 2.45) is 15.5 Å². The van der Waals surface area contributed by atoms with Crippen LogP contribution in [0.1, 0.15) is 44.7 Å². The van der Waals surface area contributed by atoms with E-state index in [1.807, 2.05) is 30.3 Å². The normalized spacial score (nSPS) is 20.5. The van der Waals surface area contributed by atoms with Crippen LogP contribution in [0.3, 0.4) is 0 Å². The number of amidine groups is 1. The molecule has 0 atom stereocenters. The van der Waals surface area contributed by atoms with Gasteiger partial charge in [-0.15, -0.1) is 0 Å². The average Bonchev–Trinajstić information content (AvgIpc) is 3.03. The molecule has 0 saturated carbocycles.